The molecule has 0 saturated heterocycles. The van der Waals surface area contributed by atoms with Crippen LogP contribution in [0.2, 0.25) is 0 Å². The van der Waals surface area contributed by atoms with Crippen LogP contribution in [0, 0.1) is 0 Å². The summed E-state index contributed by atoms with van der Waals surface area (Å²) in [5.41, 5.74) is 2.85. The second-order valence-electron chi connectivity index (χ2n) is 5.81. The molecule has 0 bridgehead atoms. The lowest BCUT2D eigenvalue weighted by molar-refractivity contribution is -0.159. The molecule has 0 saturated carbocycles. The summed E-state index contributed by atoms with van der Waals surface area (Å²) < 4.78 is 45.3. The Balaban J connectivity index is 1.49. The fraction of sp³-hybridized carbons (Fsp3) is 0.188. The molecule has 138 valence electrons. The largest absolute Gasteiger partial charge is 0.471 e. The van der Waals surface area contributed by atoms with Gasteiger partial charge in [-0.3, -0.25) is 0 Å². The second kappa shape index (κ2) is 6.34. The van der Waals surface area contributed by atoms with Gasteiger partial charge in [-0.1, -0.05) is 34.6 Å². The molecule has 0 fully saturated rings. The molecule has 4 rings (SSSR count). The van der Waals surface area contributed by atoms with Crippen molar-refractivity contribution in [2.24, 2.45) is 7.05 Å². The first-order valence-electron chi connectivity index (χ1n) is 7.77. The van der Waals surface area contributed by atoms with Crippen LogP contribution < -0.4 is 0 Å². The van der Waals surface area contributed by atoms with E-state index in [1.165, 1.54) is 0 Å². The molecule has 3 aromatic heterocycles. The standard InChI is InChI=1S/C16H12F3N7O/c1-25-9-20-6-13(25)12-8-26(24-22-12)7-10-2-4-11(5-3-10)14-21-15(27-23-14)16(17,18)19/h2-6,8-9H,7H2,1H3. The Morgan fingerprint density at radius 1 is 1.15 bits per heavy atom. The minimum Gasteiger partial charge on any atom is -0.332 e. The fourth-order valence-electron chi connectivity index (χ4n) is 2.50. The minimum atomic E-state index is -4.66. The van der Waals surface area contributed by atoms with Crippen molar-refractivity contribution < 1.29 is 17.7 Å². The lowest BCUT2D eigenvalue weighted by Crippen LogP contribution is -2.04. The third-order valence-electron chi connectivity index (χ3n) is 3.84. The molecule has 1 aromatic carbocycles. The summed E-state index contributed by atoms with van der Waals surface area (Å²) in [6.07, 6.45) is 0.502. The maximum atomic E-state index is 12.5. The van der Waals surface area contributed by atoms with Gasteiger partial charge in [-0.2, -0.15) is 18.2 Å². The van der Waals surface area contributed by atoms with Crippen LogP contribution >= 0.6 is 0 Å². The zero-order chi connectivity index (χ0) is 19.0. The van der Waals surface area contributed by atoms with Crippen LogP contribution in [0.25, 0.3) is 22.8 Å². The van der Waals surface area contributed by atoms with E-state index in [-0.39, 0.29) is 5.82 Å². The molecule has 0 spiro atoms. The van der Waals surface area contributed by atoms with Crippen LogP contribution in [0.3, 0.4) is 0 Å². The first-order chi connectivity index (χ1) is 12.9. The predicted octanol–water partition coefficient (Wildman–Crippen LogP) is 2.80. The molecule has 27 heavy (non-hydrogen) atoms. The van der Waals surface area contributed by atoms with E-state index < -0.39 is 12.1 Å². The Kier molecular flexibility index (Phi) is 3.98. The third kappa shape index (κ3) is 3.43. The van der Waals surface area contributed by atoms with E-state index >= 15 is 0 Å². The molecular weight excluding hydrogens is 363 g/mol. The second-order valence-corrected chi connectivity index (χ2v) is 5.81. The van der Waals surface area contributed by atoms with Crippen LogP contribution in [0.1, 0.15) is 11.5 Å². The molecule has 4 aromatic rings. The smallest absolute Gasteiger partial charge is 0.332 e. The molecule has 0 aliphatic rings. The van der Waals surface area contributed by atoms with Crippen molar-refractivity contribution in [2.45, 2.75) is 12.7 Å². The number of aromatic nitrogens is 7. The highest BCUT2D eigenvalue weighted by Gasteiger charge is 2.38. The van der Waals surface area contributed by atoms with Gasteiger partial charge in [-0.05, 0) is 5.56 Å². The van der Waals surface area contributed by atoms with Crippen molar-refractivity contribution in [3.8, 4) is 22.8 Å². The van der Waals surface area contributed by atoms with Gasteiger partial charge in [0.25, 0.3) is 0 Å². The Bertz CT molecular complexity index is 1060. The Morgan fingerprint density at radius 2 is 1.93 bits per heavy atom. The van der Waals surface area contributed by atoms with Gasteiger partial charge in [-0.15, -0.1) is 5.10 Å². The van der Waals surface area contributed by atoms with E-state index in [1.54, 1.807) is 47.7 Å². The first kappa shape index (κ1) is 16.9. The van der Waals surface area contributed by atoms with Gasteiger partial charge in [0.2, 0.25) is 5.82 Å². The van der Waals surface area contributed by atoms with E-state index in [2.05, 4.69) is 30.0 Å². The molecule has 0 aliphatic heterocycles. The SMILES string of the molecule is Cn1cncc1-c1cn(Cc2ccc(-c3noc(C(F)(F)F)n3)cc2)nn1. The van der Waals surface area contributed by atoms with Gasteiger partial charge in [0.05, 0.1) is 31.0 Å². The lowest BCUT2D eigenvalue weighted by atomic mass is 10.1. The van der Waals surface area contributed by atoms with Crippen molar-refractivity contribution in [3.05, 3.63) is 54.4 Å². The summed E-state index contributed by atoms with van der Waals surface area (Å²) in [5.74, 6) is -1.49. The molecule has 0 radical (unpaired) electrons. The number of halogens is 3. The van der Waals surface area contributed by atoms with Gasteiger partial charge in [0.15, 0.2) is 0 Å². The highest BCUT2D eigenvalue weighted by Crippen LogP contribution is 2.29. The van der Waals surface area contributed by atoms with E-state index in [9.17, 15) is 13.2 Å². The average Bonchev–Trinajstić information content (AvgIpc) is 3.35. The van der Waals surface area contributed by atoms with Crippen LogP contribution in [0.4, 0.5) is 13.2 Å². The summed E-state index contributed by atoms with van der Waals surface area (Å²) in [6, 6.07) is 6.76. The maximum absolute atomic E-state index is 12.5. The number of hydrogen-bond donors (Lipinski definition) is 0. The van der Waals surface area contributed by atoms with Crippen molar-refractivity contribution in [1.29, 1.82) is 0 Å². The van der Waals surface area contributed by atoms with Gasteiger partial charge >= 0.3 is 12.1 Å². The Hall–Kier alpha value is -3.50. The molecule has 11 heteroatoms. The van der Waals surface area contributed by atoms with Crippen molar-refractivity contribution in [1.82, 2.24) is 34.7 Å². The fourth-order valence-corrected chi connectivity index (χ4v) is 2.50. The number of rotatable bonds is 4. The average molecular weight is 375 g/mol. The molecule has 0 N–H and O–H groups in total. The molecule has 8 nitrogen and oxygen atoms in total. The molecular formula is C16H12F3N7O. The Labute approximate surface area is 150 Å². The number of hydrogen-bond acceptors (Lipinski definition) is 6. The highest BCUT2D eigenvalue weighted by atomic mass is 19.4. The zero-order valence-corrected chi connectivity index (χ0v) is 13.9. The van der Waals surface area contributed by atoms with Crippen molar-refractivity contribution in [3.63, 3.8) is 0 Å². The molecule has 3 heterocycles. The number of aryl methyl sites for hydroxylation is 1. The molecule has 0 amide bonds. The quantitative estimate of drug-likeness (QED) is 0.545. The summed E-state index contributed by atoms with van der Waals surface area (Å²) in [6.45, 7) is 0.450. The van der Waals surface area contributed by atoms with E-state index in [0.717, 1.165) is 11.3 Å². The molecule has 0 aliphatic carbocycles. The predicted molar refractivity (Wildman–Crippen MR) is 86.1 cm³/mol. The number of imidazole rings is 1. The Morgan fingerprint density at radius 3 is 2.56 bits per heavy atom. The van der Waals surface area contributed by atoms with Crippen LogP contribution in [0.5, 0.6) is 0 Å². The lowest BCUT2D eigenvalue weighted by Gasteiger charge is -2.02. The minimum absolute atomic E-state index is 0.117. The summed E-state index contributed by atoms with van der Waals surface area (Å²) in [4.78, 5) is 7.41. The van der Waals surface area contributed by atoms with Crippen LogP contribution in [-0.4, -0.2) is 34.7 Å². The first-order valence-corrected chi connectivity index (χ1v) is 7.77. The molecule has 0 atom stereocenters. The summed E-state index contributed by atoms with van der Waals surface area (Å²) in [5, 5.41) is 11.6. The van der Waals surface area contributed by atoms with Gasteiger partial charge < -0.3 is 9.09 Å². The number of benzene rings is 1. The van der Waals surface area contributed by atoms with Crippen molar-refractivity contribution >= 4 is 0 Å². The number of alkyl halides is 3. The van der Waals surface area contributed by atoms with E-state index in [4.69, 9.17) is 0 Å². The van der Waals surface area contributed by atoms with Crippen LogP contribution in [0.15, 0.2) is 47.5 Å². The van der Waals surface area contributed by atoms with Crippen LogP contribution in [-0.2, 0) is 19.8 Å². The van der Waals surface area contributed by atoms with Gasteiger partial charge in [-0.25, -0.2) is 9.67 Å². The topological polar surface area (TPSA) is 87.5 Å². The number of nitrogens with zero attached hydrogens (tertiary/aromatic N) is 7. The highest BCUT2D eigenvalue weighted by molar-refractivity contribution is 5.55. The van der Waals surface area contributed by atoms with Crippen molar-refractivity contribution in [2.75, 3.05) is 0 Å². The molecule has 0 unspecified atom stereocenters. The normalized spacial score (nSPS) is 11.9. The summed E-state index contributed by atoms with van der Waals surface area (Å²) in [7, 11) is 1.86. The van der Waals surface area contributed by atoms with E-state index in [0.29, 0.717) is 17.8 Å². The maximum Gasteiger partial charge on any atom is 0.471 e. The van der Waals surface area contributed by atoms with Gasteiger partial charge in [0, 0.05) is 12.6 Å². The zero-order valence-electron chi connectivity index (χ0n) is 13.9. The third-order valence-corrected chi connectivity index (χ3v) is 3.84. The van der Waals surface area contributed by atoms with Gasteiger partial charge in [0.1, 0.15) is 5.69 Å². The van der Waals surface area contributed by atoms with E-state index in [1.807, 2.05) is 11.6 Å². The summed E-state index contributed by atoms with van der Waals surface area (Å²) >= 11 is 0. The monoisotopic (exact) mass is 375 g/mol.